The maximum absolute atomic E-state index is 5.88. The summed E-state index contributed by atoms with van der Waals surface area (Å²) in [5.74, 6) is 1.48. The fourth-order valence-electron chi connectivity index (χ4n) is 1.23. The van der Waals surface area contributed by atoms with Gasteiger partial charge in [0.05, 0.1) is 11.7 Å². The standard InChI is InChI=1S/C8H12N2O/c1-5-4-7(11-10-5)8(9)6-2-3-6/h4,6,8H,2-3,9H2,1H3. The molecule has 1 saturated carbocycles. The Morgan fingerprint density at radius 3 is 2.91 bits per heavy atom. The predicted molar refractivity (Wildman–Crippen MR) is 40.9 cm³/mol. The first-order chi connectivity index (χ1) is 5.27. The molecule has 1 aromatic heterocycles. The molecule has 1 fully saturated rings. The van der Waals surface area contributed by atoms with Gasteiger partial charge in [0.2, 0.25) is 0 Å². The summed E-state index contributed by atoms with van der Waals surface area (Å²) >= 11 is 0. The van der Waals surface area contributed by atoms with Gasteiger partial charge in [-0.3, -0.25) is 0 Å². The lowest BCUT2D eigenvalue weighted by Gasteiger charge is -2.02. The molecule has 0 aromatic carbocycles. The molecule has 1 heterocycles. The van der Waals surface area contributed by atoms with Gasteiger partial charge in [-0.15, -0.1) is 0 Å². The second kappa shape index (κ2) is 2.34. The van der Waals surface area contributed by atoms with E-state index in [4.69, 9.17) is 10.3 Å². The van der Waals surface area contributed by atoms with Gasteiger partial charge >= 0.3 is 0 Å². The van der Waals surface area contributed by atoms with Crippen LogP contribution in [0.3, 0.4) is 0 Å². The fraction of sp³-hybridized carbons (Fsp3) is 0.625. The molecule has 2 N–H and O–H groups in total. The van der Waals surface area contributed by atoms with Crippen LogP contribution >= 0.6 is 0 Å². The van der Waals surface area contributed by atoms with Crippen molar-refractivity contribution in [3.05, 3.63) is 17.5 Å². The molecular formula is C8H12N2O. The SMILES string of the molecule is Cc1cc(C(N)C2CC2)on1. The van der Waals surface area contributed by atoms with Crippen LogP contribution < -0.4 is 5.73 Å². The highest BCUT2D eigenvalue weighted by atomic mass is 16.5. The van der Waals surface area contributed by atoms with Crippen LogP contribution in [0.5, 0.6) is 0 Å². The predicted octanol–water partition coefficient (Wildman–Crippen LogP) is 1.39. The molecule has 1 aromatic rings. The van der Waals surface area contributed by atoms with Crippen molar-refractivity contribution in [2.75, 3.05) is 0 Å². The summed E-state index contributed by atoms with van der Waals surface area (Å²) in [6.07, 6.45) is 2.47. The maximum Gasteiger partial charge on any atom is 0.153 e. The van der Waals surface area contributed by atoms with Gasteiger partial charge in [0, 0.05) is 6.07 Å². The van der Waals surface area contributed by atoms with Crippen molar-refractivity contribution in [2.24, 2.45) is 11.7 Å². The third kappa shape index (κ3) is 1.28. The van der Waals surface area contributed by atoms with Gasteiger partial charge in [0.1, 0.15) is 0 Å². The number of aryl methyl sites for hydroxylation is 1. The third-order valence-electron chi connectivity index (χ3n) is 2.10. The highest BCUT2D eigenvalue weighted by molar-refractivity contribution is 5.10. The molecule has 0 bridgehead atoms. The van der Waals surface area contributed by atoms with E-state index in [1.54, 1.807) is 0 Å². The van der Waals surface area contributed by atoms with E-state index in [9.17, 15) is 0 Å². The molecular weight excluding hydrogens is 140 g/mol. The maximum atomic E-state index is 5.88. The van der Waals surface area contributed by atoms with Gasteiger partial charge in [0.15, 0.2) is 5.76 Å². The molecule has 0 aliphatic heterocycles. The second-order valence-electron chi connectivity index (χ2n) is 3.23. The quantitative estimate of drug-likeness (QED) is 0.696. The van der Waals surface area contributed by atoms with Crippen molar-refractivity contribution in [1.82, 2.24) is 5.16 Å². The average Bonchev–Trinajstić information content (AvgIpc) is 2.74. The molecule has 3 nitrogen and oxygen atoms in total. The van der Waals surface area contributed by atoms with E-state index in [-0.39, 0.29) is 6.04 Å². The molecule has 11 heavy (non-hydrogen) atoms. The number of nitrogens with zero attached hydrogens (tertiary/aromatic N) is 1. The normalized spacial score (nSPS) is 20.2. The Morgan fingerprint density at radius 1 is 1.73 bits per heavy atom. The van der Waals surface area contributed by atoms with Crippen molar-refractivity contribution in [3.8, 4) is 0 Å². The lowest BCUT2D eigenvalue weighted by Crippen LogP contribution is -2.10. The van der Waals surface area contributed by atoms with Crippen LogP contribution in [0.15, 0.2) is 10.6 Å². The molecule has 0 spiro atoms. The van der Waals surface area contributed by atoms with Crippen molar-refractivity contribution < 1.29 is 4.52 Å². The molecule has 1 atom stereocenters. The van der Waals surface area contributed by atoms with E-state index >= 15 is 0 Å². The van der Waals surface area contributed by atoms with Crippen LogP contribution in [-0.4, -0.2) is 5.16 Å². The summed E-state index contributed by atoms with van der Waals surface area (Å²) in [6, 6.07) is 2.00. The summed E-state index contributed by atoms with van der Waals surface area (Å²) in [4.78, 5) is 0. The van der Waals surface area contributed by atoms with E-state index in [0.29, 0.717) is 5.92 Å². The first-order valence-corrected chi connectivity index (χ1v) is 3.96. The molecule has 0 amide bonds. The number of rotatable bonds is 2. The van der Waals surface area contributed by atoms with Gasteiger partial charge < -0.3 is 10.3 Å². The van der Waals surface area contributed by atoms with Crippen molar-refractivity contribution in [1.29, 1.82) is 0 Å². The highest BCUT2D eigenvalue weighted by Crippen LogP contribution is 2.39. The van der Waals surface area contributed by atoms with E-state index in [1.165, 1.54) is 12.8 Å². The van der Waals surface area contributed by atoms with Gasteiger partial charge in [-0.1, -0.05) is 5.16 Å². The zero-order chi connectivity index (χ0) is 7.84. The minimum absolute atomic E-state index is 0.0798. The molecule has 1 aliphatic carbocycles. The number of hydrogen-bond donors (Lipinski definition) is 1. The Labute approximate surface area is 65.6 Å². The Hall–Kier alpha value is -0.830. The molecule has 0 radical (unpaired) electrons. The summed E-state index contributed by atoms with van der Waals surface area (Å²) in [5, 5.41) is 3.79. The molecule has 1 unspecified atom stereocenters. The van der Waals surface area contributed by atoms with E-state index in [1.807, 2.05) is 13.0 Å². The summed E-state index contributed by atoms with van der Waals surface area (Å²) in [5.41, 5.74) is 6.79. The molecule has 2 rings (SSSR count). The van der Waals surface area contributed by atoms with Crippen LogP contribution in [0.1, 0.15) is 30.3 Å². The van der Waals surface area contributed by atoms with Crippen LogP contribution in [0, 0.1) is 12.8 Å². The Kier molecular flexibility index (Phi) is 1.46. The fourth-order valence-corrected chi connectivity index (χ4v) is 1.23. The Balaban J connectivity index is 2.14. The van der Waals surface area contributed by atoms with E-state index in [2.05, 4.69) is 5.16 Å². The van der Waals surface area contributed by atoms with Crippen molar-refractivity contribution >= 4 is 0 Å². The van der Waals surface area contributed by atoms with Gasteiger partial charge in [-0.2, -0.15) is 0 Å². The van der Waals surface area contributed by atoms with E-state index < -0.39 is 0 Å². The highest BCUT2D eigenvalue weighted by Gasteiger charge is 2.31. The van der Waals surface area contributed by atoms with Crippen LogP contribution in [-0.2, 0) is 0 Å². The summed E-state index contributed by atoms with van der Waals surface area (Å²) in [6.45, 7) is 1.91. The molecule has 0 saturated heterocycles. The first kappa shape index (κ1) is 6.85. The smallest absolute Gasteiger partial charge is 0.153 e. The zero-order valence-corrected chi connectivity index (χ0v) is 6.58. The molecule has 60 valence electrons. The summed E-state index contributed by atoms with van der Waals surface area (Å²) in [7, 11) is 0. The number of nitrogens with two attached hydrogens (primary N) is 1. The minimum atomic E-state index is 0.0798. The van der Waals surface area contributed by atoms with Gasteiger partial charge in [0.25, 0.3) is 0 Å². The lowest BCUT2D eigenvalue weighted by atomic mass is 10.1. The largest absolute Gasteiger partial charge is 0.359 e. The number of aromatic nitrogens is 1. The summed E-state index contributed by atoms with van der Waals surface area (Å²) < 4.78 is 5.05. The van der Waals surface area contributed by atoms with Gasteiger partial charge in [-0.05, 0) is 25.7 Å². The van der Waals surface area contributed by atoms with Crippen molar-refractivity contribution in [2.45, 2.75) is 25.8 Å². The van der Waals surface area contributed by atoms with Gasteiger partial charge in [-0.25, -0.2) is 0 Å². The minimum Gasteiger partial charge on any atom is -0.359 e. The zero-order valence-electron chi connectivity index (χ0n) is 6.58. The average molecular weight is 152 g/mol. The molecule has 3 heteroatoms. The lowest BCUT2D eigenvalue weighted by molar-refractivity contribution is 0.348. The Morgan fingerprint density at radius 2 is 2.45 bits per heavy atom. The monoisotopic (exact) mass is 152 g/mol. The second-order valence-corrected chi connectivity index (χ2v) is 3.23. The molecule has 1 aliphatic rings. The van der Waals surface area contributed by atoms with Crippen molar-refractivity contribution in [3.63, 3.8) is 0 Å². The third-order valence-corrected chi connectivity index (χ3v) is 2.10. The first-order valence-electron chi connectivity index (χ1n) is 3.96. The number of hydrogen-bond acceptors (Lipinski definition) is 3. The Bertz CT molecular complexity index is 252. The van der Waals surface area contributed by atoms with Crippen LogP contribution in [0.2, 0.25) is 0 Å². The topological polar surface area (TPSA) is 52.0 Å². The van der Waals surface area contributed by atoms with Crippen LogP contribution in [0.25, 0.3) is 0 Å². The van der Waals surface area contributed by atoms with E-state index in [0.717, 1.165) is 11.5 Å². The van der Waals surface area contributed by atoms with Crippen LogP contribution in [0.4, 0.5) is 0 Å².